The molecule has 0 unspecified atom stereocenters. The molecule has 58 heavy (non-hydrogen) atoms. The monoisotopic (exact) mass is 1050 g/mol. The molecular formula is C48H98Ge2Si8. The molecule has 0 aliphatic rings. The van der Waals surface area contributed by atoms with Crippen LogP contribution in [0.4, 0.5) is 0 Å². The second-order valence-corrected chi connectivity index (χ2v) is 82.9. The fourth-order valence-electron chi connectivity index (χ4n) is 12.5. The Kier molecular flexibility index (Phi) is 17.1. The first-order valence-electron chi connectivity index (χ1n) is 23.0. The van der Waals surface area contributed by atoms with Gasteiger partial charge in [0, 0.05) is 0 Å². The van der Waals surface area contributed by atoms with E-state index in [1.807, 2.05) is 31.0 Å². The molecule has 0 aliphatic carbocycles. The van der Waals surface area contributed by atoms with Gasteiger partial charge in [0.1, 0.15) is 0 Å². The van der Waals surface area contributed by atoms with Gasteiger partial charge in [0.15, 0.2) is 0 Å². The van der Waals surface area contributed by atoms with Gasteiger partial charge in [-0.3, -0.25) is 0 Å². The van der Waals surface area contributed by atoms with E-state index in [0.29, 0.717) is 0 Å². The minimum absolute atomic E-state index is 0.137. The molecule has 0 N–H and O–H groups in total. The van der Waals surface area contributed by atoms with Crippen LogP contribution in [-0.4, -0.2) is 89.9 Å². The third-order valence-corrected chi connectivity index (χ3v) is 60.3. The zero-order valence-corrected chi connectivity index (χ0v) is 56.8. The Labute approximate surface area is 383 Å². The van der Waals surface area contributed by atoms with Crippen molar-refractivity contribution < 1.29 is 0 Å². The minimum atomic E-state index is -1.58. The quantitative estimate of drug-likeness (QED) is 0.186. The van der Waals surface area contributed by atoms with Gasteiger partial charge < -0.3 is 0 Å². The Morgan fingerprint density at radius 1 is 0.293 bits per heavy atom. The van der Waals surface area contributed by atoms with E-state index < -0.39 is 89.9 Å². The summed E-state index contributed by atoms with van der Waals surface area (Å²) in [6.45, 7) is 80.6. The molecule has 0 aromatic heterocycles. The summed E-state index contributed by atoms with van der Waals surface area (Å²) in [5, 5.41) is 3.08. The van der Waals surface area contributed by atoms with Crippen LogP contribution in [0.25, 0.3) is 0 Å². The van der Waals surface area contributed by atoms with Crippen LogP contribution in [0, 0.1) is 0 Å². The Bertz CT molecular complexity index is 1540. The number of hydrogen-bond donors (Lipinski definition) is 0. The molecule has 0 saturated carbocycles. The average molecular weight is 1050 g/mol. The first-order chi connectivity index (χ1) is 25.1. The van der Waals surface area contributed by atoms with Gasteiger partial charge in [-0.15, -0.1) is 0 Å². The van der Waals surface area contributed by atoms with Crippen molar-refractivity contribution in [3.63, 3.8) is 0 Å². The van der Waals surface area contributed by atoms with Gasteiger partial charge >= 0.3 is 387 Å². The molecule has 0 aliphatic heterocycles. The van der Waals surface area contributed by atoms with Crippen molar-refractivity contribution in [1.29, 1.82) is 0 Å². The second-order valence-electron chi connectivity index (χ2n) is 29.5. The van der Waals surface area contributed by atoms with Gasteiger partial charge in [0.05, 0.1) is 0 Å². The Morgan fingerprint density at radius 3 is 0.534 bits per heavy atom. The zero-order valence-electron chi connectivity index (χ0n) is 44.6. The molecule has 10 heteroatoms. The van der Waals surface area contributed by atoms with E-state index in [1.54, 1.807) is 11.1 Å². The normalized spacial score (nSPS) is 14.9. The molecule has 0 nitrogen and oxygen atoms in total. The van der Waals surface area contributed by atoms with Gasteiger partial charge in [0.25, 0.3) is 0 Å². The molecule has 0 radical (unpaired) electrons. The van der Waals surface area contributed by atoms with E-state index in [0.717, 1.165) is 20.7 Å². The predicted molar refractivity (Wildman–Crippen MR) is 299 cm³/mol. The Balaban J connectivity index is 3.76. The van der Waals surface area contributed by atoms with E-state index in [-0.39, 0.29) is 10.8 Å². The average Bonchev–Trinajstić information content (AvgIpc) is 2.85. The summed E-state index contributed by atoms with van der Waals surface area (Å²) >= 11 is -0.813. The maximum absolute atomic E-state index is 2.87. The molecule has 0 atom stereocenters. The molecule has 2 aromatic rings. The predicted octanol–water partition coefficient (Wildman–Crippen LogP) is 14.9. The fourth-order valence-corrected chi connectivity index (χ4v) is 78.3. The molecule has 0 saturated heterocycles. The summed E-state index contributed by atoms with van der Waals surface area (Å²) in [6, 6.07) is 11.5. The Hall–Kier alpha value is 1.26. The second kappa shape index (κ2) is 17.9. The SMILES string of the molecule is CC(C)(C)c1cc(C([Si](C)(C)C)[Si](C)(C)C)[c]([Ge]#[Ge][c]2c(C([Si](C)(C)C)[Si](C)(C)C)cc(C(C)(C)C)cc2C([Si](C)(C)C)[Si](C)(C)C)c(C([Si](C)(C)C)[Si](C)(C)C)c1. The van der Waals surface area contributed by atoms with E-state index in [1.165, 1.54) is 0 Å². The van der Waals surface area contributed by atoms with Crippen LogP contribution in [0.5, 0.6) is 0 Å². The summed E-state index contributed by atoms with van der Waals surface area (Å²) in [7, 11) is -12.6. The van der Waals surface area contributed by atoms with Crippen molar-refractivity contribution in [1.82, 2.24) is 0 Å². The fraction of sp³-hybridized carbons (Fsp3) is 0.750. The van der Waals surface area contributed by atoms with Crippen molar-refractivity contribution >= 4 is 98.7 Å². The molecule has 330 valence electrons. The molecular weight excluding hydrogens is 946 g/mol. The summed E-state index contributed by atoms with van der Waals surface area (Å²) in [5.74, 6) is 0. The topological polar surface area (TPSA) is 0 Å². The maximum atomic E-state index is 2.87. The van der Waals surface area contributed by atoms with Crippen LogP contribution in [0.1, 0.15) is 95.6 Å². The van der Waals surface area contributed by atoms with Crippen LogP contribution in [0.2, 0.25) is 157 Å². The van der Waals surface area contributed by atoms with Crippen molar-refractivity contribution in [2.75, 3.05) is 0 Å². The van der Waals surface area contributed by atoms with Crippen molar-refractivity contribution in [3.05, 3.63) is 57.6 Å². The molecule has 2 aromatic carbocycles. The third kappa shape index (κ3) is 13.9. The third-order valence-electron chi connectivity index (χ3n) is 12.6. The molecule has 2 rings (SSSR count). The Morgan fingerprint density at radius 2 is 0.431 bits per heavy atom. The summed E-state index contributed by atoms with van der Waals surface area (Å²) in [6.07, 6.45) is 0. The first kappa shape index (κ1) is 55.4. The number of benzene rings is 2. The van der Waals surface area contributed by atoms with E-state index >= 15 is 0 Å². The van der Waals surface area contributed by atoms with Crippen LogP contribution >= 0.6 is 0 Å². The molecule has 0 heterocycles. The van der Waals surface area contributed by atoms with Gasteiger partial charge in [-0.1, -0.05) is 0 Å². The molecule has 0 bridgehead atoms. The summed E-state index contributed by atoms with van der Waals surface area (Å²) in [5.41, 5.74) is 11.1. The van der Waals surface area contributed by atoms with Crippen LogP contribution in [0.15, 0.2) is 24.3 Å². The van der Waals surface area contributed by atoms with Crippen molar-refractivity contribution in [2.45, 2.75) is 230 Å². The molecule has 0 spiro atoms. The van der Waals surface area contributed by atoms with Crippen LogP contribution in [-0.2, 0) is 10.8 Å². The van der Waals surface area contributed by atoms with Crippen LogP contribution < -0.4 is 8.79 Å². The van der Waals surface area contributed by atoms with Gasteiger partial charge in [-0.05, 0) is 0 Å². The first-order valence-corrected chi connectivity index (χ1v) is 60.2. The molecule has 0 fully saturated rings. The zero-order chi connectivity index (χ0) is 46.2. The summed E-state index contributed by atoms with van der Waals surface area (Å²) < 4.78 is 3.98. The number of rotatable bonds is 12. The standard InChI is InChI=1S/C48H98Ge2Si8/c1-47(2,3)35-31-37(43(51(7,8)9)52(10,11)12)41(38(32-35)44(53(13,14)15)54(16,17)18)49-50-42-39(45(55(19,20)21)56(22,23)24)33-36(48(4,5)6)34-40(42)46(57(25,26)27)58(28,29)30/h31-34,43-46H,1-30H3. The van der Waals surface area contributed by atoms with Gasteiger partial charge in [-0.25, -0.2) is 0 Å². The van der Waals surface area contributed by atoms with E-state index in [2.05, 4.69) is 223 Å². The number of hydrogen-bond acceptors (Lipinski definition) is 0. The van der Waals surface area contributed by atoms with E-state index in [4.69, 9.17) is 0 Å². The summed E-state index contributed by atoms with van der Waals surface area (Å²) in [4.78, 5) is 0. The van der Waals surface area contributed by atoms with Crippen molar-refractivity contribution in [3.8, 4) is 0 Å². The van der Waals surface area contributed by atoms with Gasteiger partial charge in [-0.2, -0.15) is 0 Å². The van der Waals surface area contributed by atoms with Crippen LogP contribution in [0.3, 0.4) is 0 Å². The van der Waals surface area contributed by atoms with Crippen molar-refractivity contribution in [2.24, 2.45) is 0 Å². The van der Waals surface area contributed by atoms with Gasteiger partial charge in [0.2, 0.25) is 0 Å². The molecule has 0 amide bonds. The van der Waals surface area contributed by atoms with E-state index in [9.17, 15) is 0 Å².